The minimum atomic E-state index is -0.688. The van der Waals surface area contributed by atoms with E-state index in [1.54, 1.807) is 6.92 Å². The third-order valence-corrected chi connectivity index (χ3v) is 2.66. The molecule has 4 nitrogen and oxygen atoms in total. The number of nitrogens with two attached hydrogens (primary N) is 1. The van der Waals surface area contributed by atoms with Gasteiger partial charge >= 0.3 is 0 Å². The molecular formula is C12H13F2N3O. The summed E-state index contributed by atoms with van der Waals surface area (Å²) < 4.78 is 28.9. The van der Waals surface area contributed by atoms with Crippen molar-refractivity contribution in [3.63, 3.8) is 0 Å². The van der Waals surface area contributed by atoms with Crippen LogP contribution in [0.2, 0.25) is 0 Å². The van der Waals surface area contributed by atoms with Gasteiger partial charge in [-0.15, -0.1) is 0 Å². The van der Waals surface area contributed by atoms with Gasteiger partial charge in [-0.3, -0.25) is 0 Å². The normalized spacial score (nSPS) is 10.9. The number of nitrogens with zero attached hydrogens (tertiary/aromatic N) is 2. The number of anilines is 1. The second-order valence-electron chi connectivity index (χ2n) is 3.95. The number of rotatable bonds is 3. The summed E-state index contributed by atoms with van der Waals surface area (Å²) in [5, 5.41) is 12.8. The summed E-state index contributed by atoms with van der Waals surface area (Å²) in [5.74, 6) is -1.09. The lowest BCUT2D eigenvalue weighted by Crippen LogP contribution is -2.07. The van der Waals surface area contributed by atoms with E-state index in [0.717, 1.165) is 0 Å². The van der Waals surface area contributed by atoms with Crippen molar-refractivity contribution in [1.82, 2.24) is 9.78 Å². The summed E-state index contributed by atoms with van der Waals surface area (Å²) in [5.41, 5.74) is 5.91. The molecule has 1 aromatic carbocycles. The van der Waals surface area contributed by atoms with Crippen LogP contribution in [0.5, 0.6) is 0 Å². The van der Waals surface area contributed by atoms with Gasteiger partial charge in [-0.05, 0) is 18.6 Å². The van der Waals surface area contributed by atoms with Crippen LogP contribution in [0.4, 0.5) is 14.6 Å². The smallest absolute Gasteiger partial charge is 0.138 e. The molecule has 18 heavy (non-hydrogen) atoms. The number of aliphatic hydroxyl groups is 1. The molecular weight excluding hydrogens is 240 g/mol. The zero-order valence-electron chi connectivity index (χ0n) is 9.82. The predicted molar refractivity (Wildman–Crippen MR) is 63.8 cm³/mol. The molecule has 3 N–H and O–H groups in total. The van der Waals surface area contributed by atoms with Crippen LogP contribution in [0.1, 0.15) is 5.56 Å². The maximum absolute atomic E-state index is 13.9. The van der Waals surface area contributed by atoms with Gasteiger partial charge in [0.25, 0.3) is 0 Å². The molecule has 0 aliphatic carbocycles. The van der Waals surface area contributed by atoms with Crippen LogP contribution < -0.4 is 5.73 Å². The van der Waals surface area contributed by atoms with E-state index in [9.17, 15) is 8.78 Å². The summed E-state index contributed by atoms with van der Waals surface area (Å²) in [6.45, 7) is 1.58. The van der Waals surface area contributed by atoms with Crippen molar-refractivity contribution >= 4 is 5.82 Å². The van der Waals surface area contributed by atoms with E-state index in [-0.39, 0.29) is 30.2 Å². The monoisotopic (exact) mass is 253 g/mol. The third kappa shape index (κ3) is 2.06. The largest absolute Gasteiger partial charge is 0.394 e. The highest BCUT2D eigenvalue weighted by Gasteiger charge is 2.17. The maximum Gasteiger partial charge on any atom is 0.138 e. The fourth-order valence-electron chi connectivity index (χ4n) is 1.72. The number of halogens is 2. The Morgan fingerprint density at radius 3 is 2.78 bits per heavy atom. The van der Waals surface area contributed by atoms with Crippen molar-refractivity contribution in [3.05, 3.63) is 35.4 Å². The number of aliphatic hydroxyl groups excluding tert-OH is 1. The zero-order valence-corrected chi connectivity index (χ0v) is 9.82. The van der Waals surface area contributed by atoms with E-state index in [1.165, 1.54) is 22.9 Å². The van der Waals surface area contributed by atoms with Gasteiger partial charge in [0.1, 0.15) is 23.1 Å². The molecule has 2 aromatic rings. The summed E-state index contributed by atoms with van der Waals surface area (Å²) in [6, 6.07) is 3.94. The highest BCUT2D eigenvalue weighted by atomic mass is 19.1. The topological polar surface area (TPSA) is 64.1 Å². The van der Waals surface area contributed by atoms with Gasteiger partial charge in [0.2, 0.25) is 0 Å². The van der Waals surface area contributed by atoms with Gasteiger partial charge in [-0.2, -0.15) is 5.10 Å². The second-order valence-corrected chi connectivity index (χ2v) is 3.95. The standard InChI is InChI=1S/C12H13F2N3O/c1-7-2-3-8(13)11(12(7)14)9-6-10(15)17(16-9)4-5-18/h2-3,6,18H,4-5,15H2,1H3. The lowest BCUT2D eigenvalue weighted by Gasteiger charge is -2.04. The van der Waals surface area contributed by atoms with Crippen LogP contribution in [0.15, 0.2) is 18.2 Å². The van der Waals surface area contributed by atoms with Gasteiger partial charge in [0.05, 0.1) is 18.7 Å². The van der Waals surface area contributed by atoms with Gasteiger partial charge in [0.15, 0.2) is 0 Å². The van der Waals surface area contributed by atoms with Crippen LogP contribution in [0.25, 0.3) is 11.3 Å². The molecule has 0 aliphatic rings. The number of aromatic nitrogens is 2. The van der Waals surface area contributed by atoms with Crippen molar-refractivity contribution in [1.29, 1.82) is 0 Å². The van der Waals surface area contributed by atoms with Crippen LogP contribution in [0, 0.1) is 18.6 Å². The minimum Gasteiger partial charge on any atom is -0.394 e. The number of hydrogen-bond acceptors (Lipinski definition) is 3. The Bertz CT molecular complexity index is 581. The molecule has 0 bridgehead atoms. The van der Waals surface area contributed by atoms with Crippen LogP contribution in [-0.4, -0.2) is 21.5 Å². The highest BCUT2D eigenvalue weighted by Crippen LogP contribution is 2.28. The third-order valence-electron chi connectivity index (χ3n) is 2.66. The van der Waals surface area contributed by atoms with E-state index < -0.39 is 11.6 Å². The first-order chi connectivity index (χ1) is 8.54. The Hall–Kier alpha value is -1.95. The van der Waals surface area contributed by atoms with Gasteiger partial charge in [-0.1, -0.05) is 6.07 Å². The highest BCUT2D eigenvalue weighted by molar-refractivity contribution is 5.64. The summed E-state index contributed by atoms with van der Waals surface area (Å²) in [6.07, 6.45) is 0. The van der Waals surface area contributed by atoms with Gasteiger partial charge in [-0.25, -0.2) is 13.5 Å². The second kappa shape index (κ2) is 4.73. The summed E-state index contributed by atoms with van der Waals surface area (Å²) in [4.78, 5) is 0. The molecule has 96 valence electrons. The molecule has 0 saturated heterocycles. The Labute approximate surface area is 103 Å². The first-order valence-electron chi connectivity index (χ1n) is 5.43. The Morgan fingerprint density at radius 2 is 2.11 bits per heavy atom. The van der Waals surface area contributed by atoms with E-state index in [2.05, 4.69) is 5.10 Å². The van der Waals surface area contributed by atoms with Gasteiger partial charge < -0.3 is 10.8 Å². The van der Waals surface area contributed by atoms with Gasteiger partial charge in [0, 0.05) is 6.07 Å². The van der Waals surface area contributed by atoms with E-state index in [1.807, 2.05) is 0 Å². The minimum absolute atomic E-state index is 0.125. The summed E-state index contributed by atoms with van der Waals surface area (Å²) in [7, 11) is 0. The number of benzene rings is 1. The lowest BCUT2D eigenvalue weighted by molar-refractivity contribution is 0.270. The fraction of sp³-hybridized carbons (Fsp3) is 0.250. The van der Waals surface area contributed by atoms with E-state index in [4.69, 9.17) is 10.8 Å². The van der Waals surface area contributed by atoms with Crippen molar-refractivity contribution in [2.24, 2.45) is 0 Å². The Morgan fingerprint density at radius 1 is 1.39 bits per heavy atom. The number of aryl methyl sites for hydroxylation is 1. The van der Waals surface area contributed by atoms with Crippen molar-refractivity contribution in [2.75, 3.05) is 12.3 Å². The van der Waals surface area contributed by atoms with Crippen molar-refractivity contribution in [3.8, 4) is 11.3 Å². The first-order valence-corrected chi connectivity index (χ1v) is 5.43. The molecule has 1 aromatic heterocycles. The zero-order chi connectivity index (χ0) is 13.3. The fourth-order valence-corrected chi connectivity index (χ4v) is 1.72. The molecule has 6 heteroatoms. The van der Waals surface area contributed by atoms with E-state index in [0.29, 0.717) is 5.56 Å². The first kappa shape index (κ1) is 12.5. The molecule has 0 amide bonds. The lowest BCUT2D eigenvalue weighted by atomic mass is 10.1. The summed E-state index contributed by atoms with van der Waals surface area (Å²) >= 11 is 0. The van der Waals surface area contributed by atoms with E-state index >= 15 is 0 Å². The van der Waals surface area contributed by atoms with Crippen molar-refractivity contribution in [2.45, 2.75) is 13.5 Å². The molecule has 1 heterocycles. The maximum atomic E-state index is 13.9. The number of hydrogen-bond donors (Lipinski definition) is 2. The van der Waals surface area contributed by atoms with Crippen molar-refractivity contribution < 1.29 is 13.9 Å². The molecule has 0 aliphatic heterocycles. The Balaban J connectivity index is 2.55. The van der Waals surface area contributed by atoms with Crippen LogP contribution in [0.3, 0.4) is 0 Å². The number of nitrogen functional groups attached to an aromatic ring is 1. The SMILES string of the molecule is Cc1ccc(F)c(-c2cc(N)n(CCO)n2)c1F. The molecule has 0 atom stereocenters. The average molecular weight is 253 g/mol. The quantitative estimate of drug-likeness (QED) is 0.875. The Kier molecular flexibility index (Phi) is 3.29. The molecule has 0 fully saturated rings. The molecule has 0 spiro atoms. The predicted octanol–water partition coefficient (Wildman–Crippen LogP) is 1.71. The molecule has 0 saturated carbocycles. The average Bonchev–Trinajstić information content (AvgIpc) is 2.67. The molecule has 0 unspecified atom stereocenters. The van der Waals surface area contributed by atoms with Crippen LogP contribution in [-0.2, 0) is 6.54 Å². The molecule has 2 rings (SSSR count). The van der Waals surface area contributed by atoms with Crippen LogP contribution >= 0.6 is 0 Å². The molecule has 0 radical (unpaired) electrons.